The first-order valence-corrected chi connectivity index (χ1v) is 9.73. The zero-order valence-corrected chi connectivity index (χ0v) is 18.6. The molecule has 1 aliphatic rings. The molecule has 2 aromatic rings. The first-order valence-electron chi connectivity index (χ1n) is 9.73. The van der Waals surface area contributed by atoms with E-state index in [2.05, 4.69) is 34.6 Å². The maximum atomic E-state index is 9.68. The van der Waals surface area contributed by atoms with Gasteiger partial charge < -0.3 is 19.7 Å². The third-order valence-electron chi connectivity index (χ3n) is 6.82. The van der Waals surface area contributed by atoms with Crippen molar-refractivity contribution in [2.45, 2.75) is 68.9 Å². The number of hydrogen-bond acceptors (Lipinski definition) is 4. The minimum absolute atomic E-state index is 0.546. The quantitative estimate of drug-likeness (QED) is 0.661. The highest BCUT2D eigenvalue weighted by molar-refractivity contribution is 6.62. The Bertz CT molecular complexity index is 870. The maximum Gasteiger partial charge on any atom is 0.492 e. The van der Waals surface area contributed by atoms with Crippen molar-refractivity contribution in [3.63, 3.8) is 0 Å². The van der Waals surface area contributed by atoms with Crippen molar-refractivity contribution < 1.29 is 19.7 Å². The van der Waals surface area contributed by atoms with Crippen LogP contribution < -0.4 is 10.9 Å². The van der Waals surface area contributed by atoms with Crippen molar-refractivity contribution in [3.8, 4) is 0 Å². The van der Waals surface area contributed by atoms with E-state index in [0.29, 0.717) is 12.1 Å². The Morgan fingerprint density at radius 3 is 1.50 bits per heavy atom. The van der Waals surface area contributed by atoms with E-state index >= 15 is 0 Å². The van der Waals surface area contributed by atoms with Gasteiger partial charge in [0.1, 0.15) is 0 Å². The first kappa shape index (κ1) is 22.7. The molecule has 3 N–H and O–H groups in total. The van der Waals surface area contributed by atoms with Crippen LogP contribution in [-0.4, -0.2) is 29.3 Å². The molecule has 2 aromatic carbocycles. The van der Waals surface area contributed by atoms with Crippen LogP contribution in [0.3, 0.4) is 0 Å². The molecule has 0 aliphatic carbocycles. The van der Waals surface area contributed by atoms with Crippen LogP contribution in [0.1, 0.15) is 55.6 Å². The van der Waals surface area contributed by atoms with Gasteiger partial charge in [0.25, 0.3) is 0 Å². The average molecular weight is 382 g/mol. The molecule has 0 saturated carbocycles. The van der Waals surface area contributed by atoms with E-state index in [-0.39, 0.29) is 0 Å². The predicted octanol–water partition coefficient (Wildman–Crippen LogP) is 2.05. The van der Waals surface area contributed by atoms with E-state index in [1.54, 1.807) is 0 Å². The largest absolute Gasteiger partial charge is 0.492 e. The predicted molar refractivity (Wildman–Crippen MR) is 118 cm³/mol. The molecule has 0 bridgehead atoms. The van der Waals surface area contributed by atoms with Gasteiger partial charge in [-0.2, -0.15) is 0 Å². The second kappa shape index (κ2) is 8.42. The van der Waals surface area contributed by atoms with E-state index in [1.165, 1.54) is 33.4 Å². The summed E-state index contributed by atoms with van der Waals surface area (Å²) >= 11 is 0. The Labute approximate surface area is 169 Å². The molecule has 1 aliphatic heterocycles. The summed E-state index contributed by atoms with van der Waals surface area (Å²) in [5, 5.41) is 28.2. The highest BCUT2D eigenvalue weighted by Crippen LogP contribution is 2.24. The zero-order chi connectivity index (χ0) is 21.5. The summed E-state index contributed by atoms with van der Waals surface area (Å²) in [5.74, 6) is 0. The number of hydrogen-bond donors (Lipinski definition) is 3. The lowest BCUT2D eigenvalue weighted by atomic mass is 9.71. The van der Waals surface area contributed by atoms with E-state index in [4.69, 9.17) is 4.65 Å². The first-order chi connectivity index (χ1) is 12.9. The number of rotatable bonds is 1. The molecule has 0 spiro atoms. The molecule has 0 aromatic heterocycles. The molecule has 4 nitrogen and oxygen atoms in total. The molecule has 0 radical (unpaired) electrons. The molecular formula is C22H32B2O4. The molecule has 0 unspecified atom stereocenters. The zero-order valence-electron chi connectivity index (χ0n) is 18.6. The summed E-state index contributed by atoms with van der Waals surface area (Å²) in [5.41, 5.74) is 13.4. The van der Waals surface area contributed by atoms with Crippen LogP contribution in [0.4, 0.5) is 0 Å². The molecule has 3 rings (SSSR count). The Morgan fingerprint density at radius 2 is 1.04 bits per heavy atom. The van der Waals surface area contributed by atoms with Crippen molar-refractivity contribution in [2.75, 3.05) is 0 Å². The van der Waals surface area contributed by atoms with Crippen molar-refractivity contribution in [3.05, 3.63) is 55.6 Å². The molecule has 0 fully saturated rings. The van der Waals surface area contributed by atoms with Gasteiger partial charge in [0.2, 0.25) is 0 Å². The Balaban J connectivity index is 0.000000200. The van der Waals surface area contributed by atoms with Crippen LogP contribution in [0.5, 0.6) is 0 Å². The van der Waals surface area contributed by atoms with Crippen LogP contribution in [0.25, 0.3) is 0 Å². The van der Waals surface area contributed by atoms with Crippen LogP contribution in [0.15, 0.2) is 0 Å². The summed E-state index contributed by atoms with van der Waals surface area (Å²) in [6.45, 7) is 18.9. The summed E-state index contributed by atoms with van der Waals surface area (Å²) in [4.78, 5) is 0. The van der Waals surface area contributed by atoms with Gasteiger partial charge in [-0.15, -0.1) is 0 Å². The molecule has 1 heterocycles. The normalized spacial score (nSPS) is 12.6. The lowest BCUT2D eigenvalue weighted by Gasteiger charge is -2.17. The van der Waals surface area contributed by atoms with Gasteiger partial charge in [-0.1, -0.05) is 0 Å². The van der Waals surface area contributed by atoms with Gasteiger partial charge in [0.05, 0.1) is 6.61 Å². The van der Waals surface area contributed by atoms with Crippen LogP contribution in [0.2, 0.25) is 0 Å². The van der Waals surface area contributed by atoms with Gasteiger partial charge in [-0.05, 0) is 129 Å². The molecule has 28 heavy (non-hydrogen) atoms. The van der Waals surface area contributed by atoms with Gasteiger partial charge in [-0.3, -0.25) is 0 Å². The molecule has 150 valence electrons. The van der Waals surface area contributed by atoms with E-state index in [1.807, 2.05) is 27.7 Å². The second-order valence-electron chi connectivity index (χ2n) is 7.97. The Hall–Kier alpha value is -1.59. The molecule has 0 atom stereocenters. The van der Waals surface area contributed by atoms with Crippen LogP contribution >= 0.6 is 0 Å². The summed E-state index contributed by atoms with van der Waals surface area (Å²) in [6, 6.07) is 0. The molecule has 0 amide bonds. The fraction of sp³-hybridized carbons (Fsp3) is 0.455. The van der Waals surface area contributed by atoms with Crippen molar-refractivity contribution in [1.82, 2.24) is 0 Å². The van der Waals surface area contributed by atoms with Gasteiger partial charge in [0, 0.05) is 0 Å². The minimum Gasteiger partial charge on any atom is -0.423 e. The van der Waals surface area contributed by atoms with Crippen LogP contribution in [0, 0.1) is 62.3 Å². The summed E-state index contributed by atoms with van der Waals surface area (Å²) in [7, 11) is -2.09. The standard InChI is InChI=1S/C11H15BO2.C11H17BO2/c1-6-7(2)9(4)11-10(8(6)3)5-14-12(11)13;1-6-7(2)9(4)11(12(13)14)10(5)8(6)3/h13H,5H2,1-4H3;13-14H,1-5H3. The SMILES string of the molecule is Cc1c(C)c(C)c(B(O)O)c(C)c1C.Cc1c(C)c(C)c2c(c1C)COB2O. The van der Waals surface area contributed by atoms with E-state index < -0.39 is 14.2 Å². The van der Waals surface area contributed by atoms with Gasteiger partial charge >= 0.3 is 14.2 Å². The van der Waals surface area contributed by atoms with Crippen LogP contribution in [-0.2, 0) is 11.3 Å². The monoisotopic (exact) mass is 382 g/mol. The lowest BCUT2D eigenvalue weighted by molar-refractivity contribution is 0.275. The fourth-order valence-corrected chi connectivity index (χ4v) is 4.10. The molecule has 6 heteroatoms. The highest BCUT2D eigenvalue weighted by Gasteiger charge is 2.31. The fourth-order valence-electron chi connectivity index (χ4n) is 4.10. The van der Waals surface area contributed by atoms with Crippen molar-refractivity contribution >= 4 is 25.2 Å². The van der Waals surface area contributed by atoms with Crippen molar-refractivity contribution in [2.24, 2.45) is 0 Å². The number of benzene rings is 2. The highest BCUT2D eigenvalue weighted by atomic mass is 16.5. The number of fused-ring (bicyclic) bond motifs is 1. The lowest BCUT2D eigenvalue weighted by Crippen LogP contribution is -2.36. The third-order valence-corrected chi connectivity index (χ3v) is 6.82. The molecular weight excluding hydrogens is 350 g/mol. The minimum atomic E-state index is -1.37. The average Bonchev–Trinajstić information content (AvgIpc) is 3.03. The Morgan fingerprint density at radius 1 is 0.643 bits per heavy atom. The maximum absolute atomic E-state index is 9.68. The van der Waals surface area contributed by atoms with E-state index in [0.717, 1.165) is 27.7 Å². The smallest absolute Gasteiger partial charge is 0.423 e. The second-order valence-corrected chi connectivity index (χ2v) is 7.97. The van der Waals surface area contributed by atoms with Crippen molar-refractivity contribution in [1.29, 1.82) is 0 Å². The Kier molecular flexibility index (Phi) is 6.82. The summed E-state index contributed by atoms with van der Waals surface area (Å²) < 4.78 is 5.25. The topological polar surface area (TPSA) is 69.9 Å². The van der Waals surface area contributed by atoms with Gasteiger partial charge in [0.15, 0.2) is 0 Å². The summed E-state index contributed by atoms with van der Waals surface area (Å²) in [6.07, 6.45) is 0. The van der Waals surface area contributed by atoms with E-state index in [9.17, 15) is 15.1 Å². The van der Waals surface area contributed by atoms with Gasteiger partial charge in [-0.25, -0.2) is 0 Å². The third kappa shape index (κ3) is 3.79. The molecule has 0 saturated heterocycles.